The predicted molar refractivity (Wildman–Crippen MR) is 122 cm³/mol. The summed E-state index contributed by atoms with van der Waals surface area (Å²) in [6.07, 6.45) is 6.47. The van der Waals surface area contributed by atoms with Crippen molar-refractivity contribution in [2.75, 3.05) is 5.73 Å². The van der Waals surface area contributed by atoms with E-state index in [1.54, 1.807) is 6.20 Å². The number of fused-ring (bicyclic) bond motifs is 1. The van der Waals surface area contributed by atoms with Crippen LogP contribution in [0.4, 0.5) is 5.82 Å². The molecular weight excluding hydrogens is 404 g/mol. The Labute approximate surface area is 185 Å². The van der Waals surface area contributed by atoms with E-state index in [2.05, 4.69) is 4.98 Å². The lowest BCUT2D eigenvalue weighted by Gasteiger charge is -2.25. The summed E-state index contributed by atoms with van der Waals surface area (Å²) < 4.78 is 7.91. The molecule has 4 aromatic rings. The summed E-state index contributed by atoms with van der Waals surface area (Å²) in [5.74, 6) is 2.07. The highest BCUT2D eigenvalue weighted by molar-refractivity contribution is 5.85. The fraction of sp³-hybridized carbons (Fsp3) is 0.240. The molecular formula is C25H24N4O3. The Balaban J connectivity index is 1.47. The number of hydrogen-bond donors (Lipinski definition) is 2. The van der Waals surface area contributed by atoms with Gasteiger partial charge in [0.05, 0.1) is 5.92 Å². The number of nitrogens with two attached hydrogens (primary N) is 1. The summed E-state index contributed by atoms with van der Waals surface area (Å²) in [4.78, 5) is 20.6. The first kappa shape index (κ1) is 20.1. The van der Waals surface area contributed by atoms with Gasteiger partial charge in [-0.05, 0) is 62.1 Å². The van der Waals surface area contributed by atoms with Gasteiger partial charge in [0.25, 0.3) is 0 Å². The third-order valence-corrected chi connectivity index (χ3v) is 6.16. The van der Waals surface area contributed by atoms with Crippen LogP contribution in [0.15, 0.2) is 67.0 Å². The van der Waals surface area contributed by atoms with E-state index >= 15 is 0 Å². The number of carboxylic acid groups (broad SMARTS) is 1. The van der Waals surface area contributed by atoms with Crippen LogP contribution in [0.5, 0.6) is 11.5 Å². The minimum atomic E-state index is -0.705. The summed E-state index contributed by atoms with van der Waals surface area (Å²) in [5.41, 5.74) is 8.73. The van der Waals surface area contributed by atoms with Crippen molar-refractivity contribution in [1.82, 2.24) is 14.4 Å². The van der Waals surface area contributed by atoms with Crippen molar-refractivity contribution in [2.24, 2.45) is 5.92 Å². The van der Waals surface area contributed by atoms with E-state index in [1.807, 2.05) is 65.2 Å². The topological polar surface area (TPSA) is 103 Å². The smallest absolute Gasteiger partial charge is 0.306 e. The molecule has 2 heterocycles. The maximum atomic E-state index is 11.3. The molecule has 0 radical (unpaired) electrons. The van der Waals surface area contributed by atoms with Gasteiger partial charge < -0.3 is 15.6 Å². The Morgan fingerprint density at radius 3 is 2.38 bits per heavy atom. The van der Waals surface area contributed by atoms with Crippen molar-refractivity contribution in [3.8, 4) is 22.8 Å². The third-order valence-electron chi connectivity index (χ3n) is 6.16. The Kier molecular flexibility index (Phi) is 5.23. The molecule has 1 aliphatic rings. The van der Waals surface area contributed by atoms with Crippen LogP contribution in [-0.2, 0) is 4.79 Å². The van der Waals surface area contributed by atoms with E-state index in [-0.39, 0.29) is 11.8 Å². The molecule has 0 saturated heterocycles. The number of aliphatic carboxylic acids is 1. The molecule has 0 bridgehead atoms. The van der Waals surface area contributed by atoms with Crippen LogP contribution in [0.3, 0.4) is 0 Å². The number of nitrogens with zero attached hydrogens (tertiary/aromatic N) is 3. The van der Waals surface area contributed by atoms with E-state index < -0.39 is 5.97 Å². The van der Waals surface area contributed by atoms with E-state index in [0.29, 0.717) is 18.7 Å². The SMILES string of the molecule is Nc1nccn2c(C3CCC(C(=O)O)CC3)nc(-c3ccc(Oc4ccccc4)cc3)c12. The van der Waals surface area contributed by atoms with Crippen molar-refractivity contribution in [1.29, 1.82) is 0 Å². The molecule has 0 aliphatic heterocycles. The number of para-hydroxylation sites is 1. The molecule has 1 saturated carbocycles. The van der Waals surface area contributed by atoms with Crippen LogP contribution >= 0.6 is 0 Å². The largest absolute Gasteiger partial charge is 0.481 e. The van der Waals surface area contributed by atoms with Gasteiger partial charge in [0.15, 0.2) is 0 Å². The number of imidazole rings is 1. The van der Waals surface area contributed by atoms with Gasteiger partial charge in [-0.25, -0.2) is 9.97 Å². The van der Waals surface area contributed by atoms with Gasteiger partial charge in [-0.1, -0.05) is 18.2 Å². The molecule has 2 aromatic heterocycles. The fourth-order valence-electron chi connectivity index (χ4n) is 4.48. The van der Waals surface area contributed by atoms with Crippen molar-refractivity contribution >= 4 is 17.3 Å². The number of carbonyl (C=O) groups is 1. The normalized spacial score (nSPS) is 18.5. The molecule has 2 aromatic carbocycles. The van der Waals surface area contributed by atoms with E-state index in [4.69, 9.17) is 15.5 Å². The van der Waals surface area contributed by atoms with Gasteiger partial charge in [-0.15, -0.1) is 0 Å². The Morgan fingerprint density at radius 2 is 1.69 bits per heavy atom. The van der Waals surface area contributed by atoms with Crippen LogP contribution in [0.25, 0.3) is 16.8 Å². The lowest BCUT2D eigenvalue weighted by Crippen LogP contribution is -2.21. The standard InChI is InChI=1S/C25H24N4O3/c26-23-22-21(16-10-12-20(13-11-16)32-19-4-2-1-3-5-19)28-24(29(22)15-14-27-23)17-6-8-18(9-7-17)25(30)31/h1-5,10-15,17-18H,6-9H2,(H2,26,27)(H,30,31). The quantitative estimate of drug-likeness (QED) is 0.457. The number of ether oxygens (including phenoxy) is 1. The molecule has 162 valence electrons. The third kappa shape index (κ3) is 3.77. The van der Waals surface area contributed by atoms with Crippen LogP contribution in [-0.4, -0.2) is 25.4 Å². The lowest BCUT2D eigenvalue weighted by atomic mass is 9.81. The zero-order valence-electron chi connectivity index (χ0n) is 17.5. The first-order valence-corrected chi connectivity index (χ1v) is 10.8. The molecule has 7 heteroatoms. The first-order valence-electron chi connectivity index (χ1n) is 10.8. The number of rotatable bonds is 5. The second kappa shape index (κ2) is 8.34. The number of carboxylic acids is 1. The van der Waals surface area contributed by atoms with Gasteiger partial charge in [0.2, 0.25) is 0 Å². The molecule has 0 spiro atoms. The van der Waals surface area contributed by atoms with Gasteiger partial charge in [-0.3, -0.25) is 9.20 Å². The molecule has 3 N–H and O–H groups in total. The van der Waals surface area contributed by atoms with Crippen molar-refractivity contribution in [3.05, 3.63) is 72.8 Å². The molecule has 1 aliphatic carbocycles. The second-order valence-electron chi connectivity index (χ2n) is 8.18. The molecule has 1 fully saturated rings. The van der Waals surface area contributed by atoms with Gasteiger partial charge >= 0.3 is 5.97 Å². The van der Waals surface area contributed by atoms with Gasteiger partial charge in [0.1, 0.15) is 34.4 Å². The monoisotopic (exact) mass is 428 g/mol. The maximum Gasteiger partial charge on any atom is 0.306 e. The Morgan fingerprint density at radius 1 is 1.00 bits per heavy atom. The second-order valence-corrected chi connectivity index (χ2v) is 8.18. The van der Waals surface area contributed by atoms with Crippen molar-refractivity contribution < 1.29 is 14.6 Å². The minimum absolute atomic E-state index is 0.189. The zero-order valence-corrected chi connectivity index (χ0v) is 17.5. The lowest BCUT2D eigenvalue weighted by molar-refractivity contribution is -0.142. The molecule has 0 unspecified atom stereocenters. The van der Waals surface area contributed by atoms with Crippen LogP contribution < -0.4 is 10.5 Å². The number of aromatic nitrogens is 3. The Hall–Kier alpha value is -3.87. The predicted octanol–water partition coefficient (Wildman–Crippen LogP) is 5.13. The molecule has 0 amide bonds. The summed E-state index contributed by atoms with van der Waals surface area (Å²) in [5, 5.41) is 9.32. The first-order chi connectivity index (χ1) is 15.6. The van der Waals surface area contributed by atoms with E-state index in [1.165, 1.54) is 0 Å². The number of anilines is 1. The average molecular weight is 428 g/mol. The number of nitrogen functional groups attached to an aromatic ring is 1. The summed E-state index contributed by atoms with van der Waals surface area (Å²) in [7, 11) is 0. The van der Waals surface area contributed by atoms with Crippen LogP contribution in [0.1, 0.15) is 37.4 Å². The van der Waals surface area contributed by atoms with Crippen LogP contribution in [0.2, 0.25) is 0 Å². The minimum Gasteiger partial charge on any atom is -0.481 e. The average Bonchev–Trinajstić information content (AvgIpc) is 3.21. The van der Waals surface area contributed by atoms with Gasteiger partial charge in [0, 0.05) is 23.9 Å². The number of benzene rings is 2. The fourth-order valence-corrected chi connectivity index (χ4v) is 4.48. The molecule has 0 atom stereocenters. The molecule has 5 rings (SSSR count). The summed E-state index contributed by atoms with van der Waals surface area (Å²) in [6, 6.07) is 17.4. The highest BCUT2D eigenvalue weighted by atomic mass is 16.5. The van der Waals surface area contributed by atoms with Crippen molar-refractivity contribution in [3.63, 3.8) is 0 Å². The number of hydrogen-bond acceptors (Lipinski definition) is 5. The van der Waals surface area contributed by atoms with E-state index in [0.717, 1.165) is 46.9 Å². The highest BCUT2D eigenvalue weighted by Crippen LogP contribution is 2.39. The zero-order chi connectivity index (χ0) is 22.1. The van der Waals surface area contributed by atoms with Crippen LogP contribution in [0, 0.1) is 5.92 Å². The molecule has 7 nitrogen and oxygen atoms in total. The summed E-state index contributed by atoms with van der Waals surface area (Å²) in [6.45, 7) is 0. The van der Waals surface area contributed by atoms with Gasteiger partial charge in [-0.2, -0.15) is 0 Å². The van der Waals surface area contributed by atoms with E-state index in [9.17, 15) is 9.90 Å². The summed E-state index contributed by atoms with van der Waals surface area (Å²) >= 11 is 0. The van der Waals surface area contributed by atoms with Crippen molar-refractivity contribution in [2.45, 2.75) is 31.6 Å². The highest BCUT2D eigenvalue weighted by Gasteiger charge is 2.30. The molecule has 32 heavy (non-hydrogen) atoms. The Bertz CT molecular complexity index is 1240. The maximum absolute atomic E-state index is 11.3.